The average Bonchev–Trinajstić information content (AvgIpc) is 2.98. The fourth-order valence-electron chi connectivity index (χ4n) is 3.37. The number of para-hydroxylation sites is 1. The van der Waals surface area contributed by atoms with Gasteiger partial charge < -0.3 is 19.6 Å². The second kappa shape index (κ2) is 8.36. The van der Waals surface area contributed by atoms with Crippen LogP contribution in [0.15, 0.2) is 54.2 Å². The van der Waals surface area contributed by atoms with E-state index < -0.39 is 11.8 Å². The van der Waals surface area contributed by atoms with E-state index in [1.165, 1.54) is 12.0 Å². The molecule has 2 aromatic carbocycles. The Hall–Kier alpha value is -3.32. The molecule has 0 spiro atoms. The number of aliphatic hydroxyl groups is 1. The van der Waals surface area contributed by atoms with Gasteiger partial charge in [-0.05, 0) is 24.3 Å². The zero-order chi connectivity index (χ0) is 21.1. The maximum Gasteiger partial charge on any atom is 0.282 e. The molecule has 2 amide bonds. The Morgan fingerprint density at radius 3 is 2.38 bits per heavy atom. The number of amides is 2. The molecular weight excluding hydrogens is 370 g/mol. The monoisotopic (exact) mass is 395 g/mol. The first kappa shape index (κ1) is 20.4. The molecule has 0 aliphatic carbocycles. The molecule has 0 radical (unpaired) electrons. The molecule has 0 bridgehead atoms. The van der Waals surface area contributed by atoms with Crippen LogP contribution in [0.2, 0.25) is 0 Å². The summed E-state index contributed by atoms with van der Waals surface area (Å²) in [6.45, 7) is 0.0787. The molecule has 0 aromatic heterocycles. The molecule has 2 aromatic rings. The number of hydrogen-bond acceptors (Lipinski definition) is 6. The number of methoxy groups -OCH3 is 1. The van der Waals surface area contributed by atoms with Gasteiger partial charge in [0, 0.05) is 38.9 Å². The van der Waals surface area contributed by atoms with Crippen molar-refractivity contribution in [2.24, 2.45) is 0 Å². The summed E-state index contributed by atoms with van der Waals surface area (Å²) in [6.07, 6.45) is 0. The molecule has 152 valence electrons. The highest BCUT2D eigenvalue weighted by Crippen LogP contribution is 2.38. The Morgan fingerprint density at radius 2 is 1.72 bits per heavy atom. The average molecular weight is 395 g/mol. The zero-order valence-electron chi connectivity index (χ0n) is 17.0. The van der Waals surface area contributed by atoms with Gasteiger partial charge in [0.05, 0.1) is 25.0 Å². The van der Waals surface area contributed by atoms with Gasteiger partial charge in [-0.2, -0.15) is 0 Å². The Bertz CT molecular complexity index is 968. The number of carbonyl (C=O) groups excluding carboxylic acids is 2. The lowest BCUT2D eigenvalue weighted by Crippen LogP contribution is -2.35. The van der Waals surface area contributed by atoms with Gasteiger partial charge in [0.1, 0.15) is 11.4 Å². The second-order valence-electron chi connectivity index (χ2n) is 6.93. The number of benzene rings is 2. The standard InChI is InChI=1S/C22H25N3O4/c1-23(2)15-8-7-9-16(14-15)25-21(27)19(17-10-5-6-11-18(17)29-4)20(22(25)28)24(3)12-13-26/h5-11,14,26H,12-13H2,1-4H3. The lowest BCUT2D eigenvalue weighted by Gasteiger charge is -2.21. The minimum absolute atomic E-state index is 0.142. The summed E-state index contributed by atoms with van der Waals surface area (Å²) in [5.41, 5.74) is 2.41. The van der Waals surface area contributed by atoms with E-state index in [2.05, 4.69) is 0 Å². The summed E-state index contributed by atoms with van der Waals surface area (Å²) in [5, 5.41) is 9.38. The molecule has 1 N–H and O–H groups in total. The third-order valence-electron chi connectivity index (χ3n) is 4.86. The molecule has 3 rings (SSSR count). The van der Waals surface area contributed by atoms with Crippen LogP contribution < -0.4 is 14.5 Å². The summed E-state index contributed by atoms with van der Waals surface area (Å²) >= 11 is 0. The number of imide groups is 1. The number of nitrogens with zero attached hydrogens (tertiary/aromatic N) is 3. The Balaban J connectivity index is 2.16. The summed E-state index contributed by atoms with van der Waals surface area (Å²) in [4.78, 5) is 31.5. The fourth-order valence-corrected chi connectivity index (χ4v) is 3.37. The SMILES string of the molecule is COc1ccccc1C1=C(N(C)CCO)C(=O)N(c2cccc(N(C)C)c2)C1=O. The predicted molar refractivity (Wildman–Crippen MR) is 113 cm³/mol. The van der Waals surface area contributed by atoms with E-state index >= 15 is 0 Å². The molecule has 0 saturated carbocycles. The van der Waals surface area contributed by atoms with Gasteiger partial charge in [0.2, 0.25) is 0 Å². The molecule has 1 heterocycles. The molecule has 0 unspecified atom stereocenters. The van der Waals surface area contributed by atoms with Crippen LogP contribution in [0.4, 0.5) is 11.4 Å². The first-order valence-electron chi connectivity index (χ1n) is 9.26. The largest absolute Gasteiger partial charge is 0.496 e. The normalized spacial score (nSPS) is 13.9. The molecule has 0 fully saturated rings. The highest BCUT2D eigenvalue weighted by Gasteiger charge is 2.42. The van der Waals surface area contributed by atoms with Crippen molar-refractivity contribution in [1.82, 2.24) is 4.90 Å². The van der Waals surface area contributed by atoms with Crippen LogP contribution in [0.5, 0.6) is 5.75 Å². The third kappa shape index (κ3) is 3.69. The maximum atomic E-state index is 13.5. The lowest BCUT2D eigenvalue weighted by molar-refractivity contribution is -0.120. The van der Waals surface area contributed by atoms with Crippen molar-refractivity contribution in [1.29, 1.82) is 0 Å². The van der Waals surface area contributed by atoms with E-state index in [9.17, 15) is 14.7 Å². The number of likely N-dealkylation sites (N-methyl/N-ethyl adjacent to an activating group) is 1. The molecule has 29 heavy (non-hydrogen) atoms. The van der Waals surface area contributed by atoms with Crippen molar-refractivity contribution in [2.75, 3.05) is 51.2 Å². The first-order valence-corrected chi connectivity index (χ1v) is 9.26. The maximum absolute atomic E-state index is 13.5. The van der Waals surface area contributed by atoms with Crippen LogP contribution >= 0.6 is 0 Å². The minimum Gasteiger partial charge on any atom is -0.496 e. The van der Waals surface area contributed by atoms with Crippen molar-refractivity contribution in [3.63, 3.8) is 0 Å². The van der Waals surface area contributed by atoms with E-state index in [0.29, 0.717) is 17.0 Å². The number of carbonyl (C=O) groups is 2. The van der Waals surface area contributed by atoms with E-state index in [0.717, 1.165) is 5.69 Å². The summed E-state index contributed by atoms with van der Waals surface area (Å²) in [7, 11) is 7.00. The Labute approximate surface area is 170 Å². The van der Waals surface area contributed by atoms with Crippen LogP contribution in [0.3, 0.4) is 0 Å². The van der Waals surface area contributed by atoms with Crippen molar-refractivity contribution >= 4 is 28.8 Å². The third-order valence-corrected chi connectivity index (χ3v) is 4.86. The molecule has 0 saturated heterocycles. The first-order chi connectivity index (χ1) is 13.9. The molecule has 1 aliphatic heterocycles. The lowest BCUT2D eigenvalue weighted by atomic mass is 10.0. The van der Waals surface area contributed by atoms with Crippen molar-refractivity contribution < 1.29 is 19.4 Å². The van der Waals surface area contributed by atoms with Gasteiger partial charge in [-0.25, -0.2) is 4.90 Å². The van der Waals surface area contributed by atoms with Gasteiger partial charge >= 0.3 is 0 Å². The number of ether oxygens (including phenoxy) is 1. The van der Waals surface area contributed by atoms with Crippen LogP contribution in [-0.2, 0) is 9.59 Å². The molecule has 7 heteroatoms. The van der Waals surface area contributed by atoms with E-state index in [1.54, 1.807) is 48.3 Å². The van der Waals surface area contributed by atoms with E-state index in [-0.39, 0.29) is 24.4 Å². The number of anilines is 2. The number of aliphatic hydroxyl groups excluding tert-OH is 1. The van der Waals surface area contributed by atoms with Crippen LogP contribution in [-0.4, -0.2) is 63.2 Å². The fraction of sp³-hybridized carbons (Fsp3) is 0.273. The second-order valence-corrected chi connectivity index (χ2v) is 6.93. The highest BCUT2D eigenvalue weighted by atomic mass is 16.5. The van der Waals surface area contributed by atoms with Crippen molar-refractivity contribution in [2.45, 2.75) is 0 Å². The predicted octanol–water partition coefficient (Wildman–Crippen LogP) is 1.97. The minimum atomic E-state index is -0.428. The highest BCUT2D eigenvalue weighted by molar-refractivity contribution is 6.45. The van der Waals surface area contributed by atoms with Crippen molar-refractivity contribution in [3.8, 4) is 5.75 Å². The molecule has 1 aliphatic rings. The number of rotatable bonds is 7. The summed E-state index contributed by atoms with van der Waals surface area (Å²) in [5.74, 6) is -0.347. The van der Waals surface area contributed by atoms with Gasteiger partial charge in [-0.15, -0.1) is 0 Å². The van der Waals surface area contributed by atoms with Gasteiger partial charge in [0.25, 0.3) is 11.8 Å². The van der Waals surface area contributed by atoms with Gasteiger partial charge in [-0.3, -0.25) is 9.59 Å². The molecular formula is C22H25N3O4. The number of hydrogen-bond donors (Lipinski definition) is 1. The van der Waals surface area contributed by atoms with Crippen molar-refractivity contribution in [3.05, 3.63) is 59.8 Å². The summed E-state index contributed by atoms with van der Waals surface area (Å²) < 4.78 is 5.43. The van der Waals surface area contributed by atoms with Gasteiger partial charge in [-0.1, -0.05) is 24.3 Å². The van der Waals surface area contributed by atoms with Crippen LogP contribution in [0.25, 0.3) is 5.57 Å². The van der Waals surface area contributed by atoms with Crippen LogP contribution in [0, 0.1) is 0 Å². The Kier molecular flexibility index (Phi) is 5.89. The molecule has 7 nitrogen and oxygen atoms in total. The topological polar surface area (TPSA) is 73.3 Å². The van der Waals surface area contributed by atoms with Gasteiger partial charge in [0.15, 0.2) is 0 Å². The van der Waals surface area contributed by atoms with Crippen LogP contribution in [0.1, 0.15) is 5.56 Å². The molecule has 0 atom stereocenters. The van der Waals surface area contributed by atoms with E-state index in [1.807, 2.05) is 31.1 Å². The van der Waals surface area contributed by atoms with E-state index in [4.69, 9.17) is 4.74 Å². The smallest absolute Gasteiger partial charge is 0.282 e. The summed E-state index contributed by atoms with van der Waals surface area (Å²) in [6, 6.07) is 14.3. The zero-order valence-corrected chi connectivity index (χ0v) is 17.0. The quantitative estimate of drug-likeness (QED) is 0.723. The Morgan fingerprint density at radius 1 is 1.00 bits per heavy atom.